The Kier molecular flexibility index (Phi) is 2.64. The first-order valence-corrected chi connectivity index (χ1v) is 5.36. The number of nitrogens with two attached hydrogens (primary N) is 1. The molecular weight excluding hydrogens is 200 g/mol. The van der Waals surface area contributed by atoms with Gasteiger partial charge in [-0.15, -0.1) is 11.3 Å². The number of carbonyl (C=O) groups is 1. The summed E-state index contributed by atoms with van der Waals surface area (Å²) in [5.74, 6) is 0.352. The fourth-order valence-electron chi connectivity index (χ4n) is 1.43. The van der Waals surface area contributed by atoms with Crippen LogP contribution in [0.3, 0.4) is 0 Å². The molecule has 1 aromatic rings. The smallest absolute Gasteiger partial charge is 0.267 e. The Morgan fingerprint density at radius 3 is 2.86 bits per heavy atom. The Bertz CT molecular complexity index is 332. The number of nitrogens with one attached hydrogen (secondary N) is 1. The maximum Gasteiger partial charge on any atom is 0.267 e. The first-order chi connectivity index (χ1) is 6.79. The van der Waals surface area contributed by atoms with Gasteiger partial charge >= 0.3 is 0 Å². The second kappa shape index (κ2) is 3.93. The Balaban J connectivity index is 2.11. The fraction of sp³-hybridized carbons (Fsp3) is 0.500. The Labute approximate surface area is 85.9 Å². The zero-order valence-corrected chi connectivity index (χ0v) is 8.51. The molecule has 0 saturated carbocycles. The summed E-state index contributed by atoms with van der Waals surface area (Å²) in [4.78, 5) is 18.1. The number of thiazole rings is 1. The Morgan fingerprint density at radius 1 is 1.57 bits per heavy atom. The van der Waals surface area contributed by atoms with E-state index in [1.165, 1.54) is 11.3 Å². The van der Waals surface area contributed by atoms with E-state index in [-0.39, 0.29) is 5.91 Å². The van der Waals surface area contributed by atoms with Crippen LogP contribution in [-0.2, 0) is 0 Å². The molecule has 6 heteroatoms. The molecule has 1 saturated heterocycles. The summed E-state index contributed by atoms with van der Waals surface area (Å²) >= 11 is 1.30. The van der Waals surface area contributed by atoms with Gasteiger partial charge < -0.3 is 16.0 Å². The SMILES string of the molecule is Nc1ncsc1C(=O)N1CCNCC1. The first-order valence-electron chi connectivity index (χ1n) is 4.48. The highest BCUT2D eigenvalue weighted by Gasteiger charge is 2.21. The standard InChI is InChI=1S/C8H12N4OS/c9-7-6(14-5-11-7)8(13)12-3-1-10-2-4-12/h5,10H,1-4,9H2. The Morgan fingerprint density at radius 2 is 2.29 bits per heavy atom. The van der Waals surface area contributed by atoms with Crippen molar-refractivity contribution in [2.75, 3.05) is 31.9 Å². The van der Waals surface area contributed by atoms with Gasteiger partial charge in [0.05, 0.1) is 5.51 Å². The predicted molar refractivity (Wildman–Crippen MR) is 55.3 cm³/mol. The number of nitrogen functional groups attached to an aromatic ring is 1. The van der Waals surface area contributed by atoms with E-state index in [1.807, 2.05) is 0 Å². The van der Waals surface area contributed by atoms with Gasteiger partial charge in [0.25, 0.3) is 5.91 Å². The van der Waals surface area contributed by atoms with Gasteiger partial charge in [-0.25, -0.2) is 4.98 Å². The minimum Gasteiger partial charge on any atom is -0.382 e. The second-order valence-corrected chi connectivity index (χ2v) is 3.96. The molecule has 1 fully saturated rings. The minimum atomic E-state index is 0.00602. The van der Waals surface area contributed by atoms with Crippen molar-refractivity contribution in [3.63, 3.8) is 0 Å². The number of aromatic nitrogens is 1. The van der Waals surface area contributed by atoms with Crippen molar-refractivity contribution < 1.29 is 4.79 Å². The van der Waals surface area contributed by atoms with Crippen LogP contribution in [0.1, 0.15) is 9.67 Å². The summed E-state index contributed by atoms with van der Waals surface area (Å²) in [6.45, 7) is 3.20. The summed E-state index contributed by atoms with van der Waals surface area (Å²) in [7, 11) is 0. The lowest BCUT2D eigenvalue weighted by atomic mass is 10.3. The highest BCUT2D eigenvalue weighted by molar-refractivity contribution is 7.12. The van der Waals surface area contributed by atoms with E-state index >= 15 is 0 Å². The van der Waals surface area contributed by atoms with Crippen molar-refractivity contribution in [3.8, 4) is 0 Å². The maximum absolute atomic E-state index is 11.9. The molecule has 1 amide bonds. The molecule has 1 aliphatic rings. The van der Waals surface area contributed by atoms with E-state index < -0.39 is 0 Å². The van der Waals surface area contributed by atoms with Crippen molar-refractivity contribution in [1.82, 2.24) is 15.2 Å². The number of rotatable bonds is 1. The summed E-state index contributed by atoms with van der Waals surface area (Å²) in [6, 6.07) is 0. The van der Waals surface area contributed by atoms with Crippen LogP contribution in [0, 0.1) is 0 Å². The molecular formula is C8H12N4OS. The Hall–Kier alpha value is -1.14. The second-order valence-electron chi connectivity index (χ2n) is 3.11. The first kappa shape index (κ1) is 9.42. The fourth-order valence-corrected chi connectivity index (χ4v) is 2.10. The van der Waals surface area contributed by atoms with Gasteiger partial charge in [-0.2, -0.15) is 0 Å². The van der Waals surface area contributed by atoms with Crippen LogP contribution in [0.4, 0.5) is 5.82 Å². The molecule has 5 nitrogen and oxygen atoms in total. The monoisotopic (exact) mass is 212 g/mol. The van der Waals surface area contributed by atoms with Crippen LogP contribution < -0.4 is 11.1 Å². The van der Waals surface area contributed by atoms with E-state index in [4.69, 9.17) is 5.73 Å². The number of anilines is 1. The lowest BCUT2D eigenvalue weighted by Gasteiger charge is -2.26. The van der Waals surface area contributed by atoms with Crippen molar-refractivity contribution in [2.24, 2.45) is 0 Å². The zero-order chi connectivity index (χ0) is 9.97. The average Bonchev–Trinajstić information content (AvgIpc) is 2.65. The van der Waals surface area contributed by atoms with E-state index in [2.05, 4.69) is 10.3 Å². The van der Waals surface area contributed by atoms with Crippen LogP contribution in [-0.4, -0.2) is 42.0 Å². The largest absolute Gasteiger partial charge is 0.382 e. The molecule has 0 atom stereocenters. The summed E-state index contributed by atoms with van der Waals surface area (Å²) in [5.41, 5.74) is 7.19. The number of hydrogen-bond donors (Lipinski definition) is 2. The number of hydrogen-bond acceptors (Lipinski definition) is 5. The van der Waals surface area contributed by atoms with Crippen molar-refractivity contribution in [1.29, 1.82) is 0 Å². The summed E-state index contributed by atoms with van der Waals surface area (Å²) < 4.78 is 0. The molecule has 0 bridgehead atoms. The molecule has 1 aromatic heterocycles. The molecule has 0 aromatic carbocycles. The molecule has 2 heterocycles. The van der Waals surface area contributed by atoms with Crippen LogP contribution in [0.5, 0.6) is 0 Å². The third-order valence-electron chi connectivity index (χ3n) is 2.19. The van der Waals surface area contributed by atoms with Crippen LogP contribution >= 0.6 is 11.3 Å². The van der Waals surface area contributed by atoms with Gasteiger partial charge in [0, 0.05) is 26.2 Å². The summed E-state index contributed by atoms with van der Waals surface area (Å²) in [5, 5.41) is 3.19. The van der Waals surface area contributed by atoms with Crippen LogP contribution in [0.15, 0.2) is 5.51 Å². The molecule has 1 aliphatic heterocycles. The molecule has 0 spiro atoms. The third kappa shape index (κ3) is 1.71. The number of nitrogens with zero attached hydrogens (tertiary/aromatic N) is 2. The quantitative estimate of drug-likeness (QED) is 0.674. The molecule has 76 valence electrons. The number of carbonyl (C=O) groups excluding carboxylic acids is 1. The van der Waals surface area contributed by atoms with Crippen molar-refractivity contribution in [3.05, 3.63) is 10.4 Å². The molecule has 3 N–H and O–H groups in total. The minimum absolute atomic E-state index is 0.00602. The lowest BCUT2D eigenvalue weighted by Crippen LogP contribution is -2.46. The van der Waals surface area contributed by atoms with Gasteiger partial charge in [0.1, 0.15) is 10.7 Å². The van der Waals surface area contributed by atoms with E-state index in [1.54, 1.807) is 10.4 Å². The average molecular weight is 212 g/mol. The highest BCUT2D eigenvalue weighted by atomic mass is 32.1. The van der Waals surface area contributed by atoms with E-state index in [0.29, 0.717) is 10.7 Å². The van der Waals surface area contributed by atoms with E-state index in [9.17, 15) is 4.79 Å². The number of piperazine rings is 1. The van der Waals surface area contributed by atoms with Crippen molar-refractivity contribution in [2.45, 2.75) is 0 Å². The zero-order valence-electron chi connectivity index (χ0n) is 7.69. The van der Waals surface area contributed by atoms with Crippen LogP contribution in [0.25, 0.3) is 0 Å². The molecule has 2 rings (SSSR count). The lowest BCUT2D eigenvalue weighted by molar-refractivity contribution is 0.0741. The van der Waals surface area contributed by atoms with Gasteiger partial charge in [0.15, 0.2) is 0 Å². The molecule has 0 unspecified atom stereocenters. The highest BCUT2D eigenvalue weighted by Crippen LogP contribution is 2.17. The summed E-state index contributed by atoms with van der Waals surface area (Å²) in [6.07, 6.45) is 0. The predicted octanol–water partition coefficient (Wildman–Crippen LogP) is -0.229. The number of amides is 1. The maximum atomic E-state index is 11.9. The van der Waals surface area contributed by atoms with Crippen molar-refractivity contribution >= 4 is 23.1 Å². The normalized spacial score (nSPS) is 17.0. The molecule has 0 radical (unpaired) electrons. The van der Waals surface area contributed by atoms with Gasteiger partial charge in [-0.3, -0.25) is 4.79 Å². The van der Waals surface area contributed by atoms with Gasteiger partial charge in [-0.05, 0) is 0 Å². The molecule has 14 heavy (non-hydrogen) atoms. The topological polar surface area (TPSA) is 71.2 Å². The van der Waals surface area contributed by atoms with Gasteiger partial charge in [0.2, 0.25) is 0 Å². The van der Waals surface area contributed by atoms with Gasteiger partial charge in [-0.1, -0.05) is 0 Å². The van der Waals surface area contributed by atoms with E-state index in [0.717, 1.165) is 26.2 Å². The third-order valence-corrected chi connectivity index (χ3v) is 3.02. The van der Waals surface area contributed by atoms with Crippen LogP contribution in [0.2, 0.25) is 0 Å². The molecule has 0 aliphatic carbocycles.